The molecule has 25 heavy (non-hydrogen) atoms. The lowest BCUT2D eigenvalue weighted by Gasteiger charge is -2.12. The van der Waals surface area contributed by atoms with Crippen LogP contribution >= 0.6 is 0 Å². The molecule has 4 aromatic rings. The molecule has 0 saturated carbocycles. The molecule has 0 saturated heterocycles. The summed E-state index contributed by atoms with van der Waals surface area (Å²) in [4.78, 5) is 13.3. The maximum Gasteiger partial charge on any atom is 0.201 e. The van der Waals surface area contributed by atoms with Gasteiger partial charge in [0.05, 0.1) is 18.1 Å². The Morgan fingerprint density at radius 1 is 0.760 bits per heavy atom. The number of ether oxygens (including phenoxy) is 1. The number of para-hydroxylation sites is 1. The van der Waals surface area contributed by atoms with Crippen molar-refractivity contribution in [2.45, 2.75) is 0 Å². The lowest BCUT2D eigenvalue weighted by Crippen LogP contribution is -2.08. The van der Waals surface area contributed by atoms with E-state index in [0.29, 0.717) is 28.0 Å². The average molecular weight is 328 g/mol. The molecular formula is C22H16O3. The highest BCUT2D eigenvalue weighted by molar-refractivity contribution is 5.91. The number of fused-ring (bicyclic) bond motifs is 1. The van der Waals surface area contributed by atoms with Crippen molar-refractivity contribution in [1.29, 1.82) is 0 Å². The fourth-order valence-corrected chi connectivity index (χ4v) is 3.01. The fourth-order valence-electron chi connectivity index (χ4n) is 3.01. The molecule has 0 N–H and O–H groups in total. The van der Waals surface area contributed by atoms with E-state index >= 15 is 0 Å². The highest BCUT2D eigenvalue weighted by Crippen LogP contribution is 2.35. The van der Waals surface area contributed by atoms with E-state index in [9.17, 15) is 4.79 Å². The number of methoxy groups -OCH3 is 1. The minimum absolute atomic E-state index is 0.0646. The summed E-state index contributed by atoms with van der Waals surface area (Å²) in [6, 6.07) is 24.6. The number of rotatable bonds is 3. The zero-order chi connectivity index (χ0) is 17.2. The predicted molar refractivity (Wildman–Crippen MR) is 99.9 cm³/mol. The highest BCUT2D eigenvalue weighted by Gasteiger charge is 2.19. The zero-order valence-corrected chi connectivity index (χ0v) is 13.7. The van der Waals surface area contributed by atoms with Crippen LogP contribution in [0.1, 0.15) is 0 Å². The van der Waals surface area contributed by atoms with E-state index in [2.05, 4.69) is 0 Å². The molecule has 0 bridgehead atoms. The van der Waals surface area contributed by atoms with Crippen LogP contribution in [-0.4, -0.2) is 7.11 Å². The van der Waals surface area contributed by atoms with Crippen LogP contribution in [-0.2, 0) is 0 Å². The Labute approximate surface area is 145 Å². The van der Waals surface area contributed by atoms with Crippen LogP contribution < -0.4 is 10.2 Å². The second-order valence-corrected chi connectivity index (χ2v) is 5.70. The van der Waals surface area contributed by atoms with Crippen molar-refractivity contribution in [1.82, 2.24) is 0 Å². The first-order valence-corrected chi connectivity index (χ1v) is 8.04. The van der Waals surface area contributed by atoms with Gasteiger partial charge in [-0.15, -0.1) is 0 Å². The molecule has 0 spiro atoms. The van der Waals surface area contributed by atoms with Crippen LogP contribution in [0.15, 0.2) is 88.1 Å². The van der Waals surface area contributed by atoms with Gasteiger partial charge < -0.3 is 9.15 Å². The van der Waals surface area contributed by atoms with E-state index < -0.39 is 0 Å². The molecular weight excluding hydrogens is 312 g/mol. The van der Waals surface area contributed by atoms with Crippen LogP contribution in [0, 0.1) is 0 Å². The molecule has 0 atom stereocenters. The first-order valence-electron chi connectivity index (χ1n) is 8.04. The van der Waals surface area contributed by atoms with Crippen molar-refractivity contribution >= 4 is 11.0 Å². The van der Waals surface area contributed by atoms with E-state index in [1.54, 1.807) is 25.3 Å². The lowest BCUT2D eigenvalue weighted by molar-refractivity contribution is 0.410. The SMILES string of the molecule is COc1cccc2c(=O)c(-c3ccccc3)c(-c3ccccc3)oc12. The van der Waals surface area contributed by atoms with Gasteiger partial charge in [0, 0.05) is 5.56 Å². The maximum atomic E-state index is 13.3. The average Bonchev–Trinajstić information content (AvgIpc) is 2.69. The van der Waals surface area contributed by atoms with Crippen LogP contribution in [0.3, 0.4) is 0 Å². The topological polar surface area (TPSA) is 39.4 Å². The molecule has 1 heterocycles. The van der Waals surface area contributed by atoms with Gasteiger partial charge in [-0.3, -0.25) is 4.79 Å². The largest absolute Gasteiger partial charge is 0.493 e. The molecule has 0 aliphatic heterocycles. The van der Waals surface area contributed by atoms with Gasteiger partial charge in [0.1, 0.15) is 5.76 Å². The van der Waals surface area contributed by atoms with Crippen LogP contribution in [0.4, 0.5) is 0 Å². The van der Waals surface area contributed by atoms with Crippen molar-refractivity contribution in [2.24, 2.45) is 0 Å². The van der Waals surface area contributed by atoms with E-state index in [-0.39, 0.29) is 5.43 Å². The third-order valence-corrected chi connectivity index (χ3v) is 4.20. The van der Waals surface area contributed by atoms with Gasteiger partial charge in [0.15, 0.2) is 11.3 Å². The van der Waals surface area contributed by atoms with Gasteiger partial charge in [0.2, 0.25) is 5.43 Å². The summed E-state index contributed by atoms with van der Waals surface area (Å²) >= 11 is 0. The standard InChI is InChI=1S/C22H16O3/c1-24-18-14-8-13-17-20(23)19(15-9-4-2-5-10-15)21(25-22(17)18)16-11-6-3-7-12-16/h2-14H,1H3. The Morgan fingerprint density at radius 3 is 2.04 bits per heavy atom. The van der Waals surface area contributed by atoms with Gasteiger partial charge in [-0.25, -0.2) is 0 Å². The Balaban J connectivity index is 2.15. The van der Waals surface area contributed by atoms with Gasteiger partial charge >= 0.3 is 0 Å². The van der Waals surface area contributed by atoms with E-state index in [4.69, 9.17) is 9.15 Å². The van der Waals surface area contributed by atoms with E-state index in [1.165, 1.54) is 0 Å². The van der Waals surface area contributed by atoms with Gasteiger partial charge in [-0.05, 0) is 17.7 Å². The molecule has 0 fully saturated rings. The van der Waals surface area contributed by atoms with Gasteiger partial charge in [0.25, 0.3) is 0 Å². The predicted octanol–water partition coefficient (Wildman–Crippen LogP) is 5.14. The summed E-state index contributed by atoms with van der Waals surface area (Å²) in [5.41, 5.74) is 2.65. The molecule has 3 heteroatoms. The minimum atomic E-state index is -0.0646. The Hall–Kier alpha value is -3.33. The summed E-state index contributed by atoms with van der Waals surface area (Å²) in [6.45, 7) is 0. The first kappa shape index (κ1) is 15.2. The highest BCUT2D eigenvalue weighted by atomic mass is 16.5. The Morgan fingerprint density at radius 2 is 1.40 bits per heavy atom. The normalized spacial score (nSPS) is 10.8. The Bertz CT molecular complexity index is 1080. The quantitative estimate of drug-likeness (QED) is 0.523. The van der Waals surface area contributed by atoms with Crippen molar-refractivity contribution in [2.75, 3.05) is 7.11 Å². The van der Waals surface area contributed by atoms with Gasteiger partial charge in [-0.1, -0.05) is 66.7 Å². The minimum Gasteiger partial charge on any atom is -0.493 e. The molecule has 3 nitrogen and oxygen atoms in total. The molecule has 122 valence electrons. The first-order chi connectivity index (χ1) is 12.3. The number of benzene rings is 3. The summed E-state index contributed by atoms with van der Waals surface area (Å²) < 4.78 is 11.6. The summed E-state index contributed by atoms with van der Waals surface area (Å²) in [5, 5.41) is 0.512. The molecule has 0 aliphatic rings. The van der Waals surface area contributed by atoms with Crippen LogP contribution in [0.2, 0.25) is 0 Å². The molecule has 1 aromatic heterocycles. The van der Waals surface area contributed by atoms with Crippen molar-refractivity contribution < 1.29 is 9.15 Å². The molecule has 0 amide bonds. The van der Waals surface area contributed by atoms with Crippen LogP contribution in [0.5, 0.6) is 5.75 Å². The van der Waals surface area contributed by atoms with Crippen molar-refractivity contribution in [3.8, 4) is 28.2 Å². The zero-order valence-electron chi connectivity index (χ0n) is 13.7. The monoisotopic (exact) mass is 328 g/mol. The third-order valence-electron chi connectivity index (χ3n) is 4.20. The third kappa shape index (κ3) is 2.60. The number of hydrogen-bond donors (Lipinski definition) is 0. The molecule has 4 rings (SSSR count). The van der Waals surface area contributed by atoms with E-state index in [1.807, 2.05) is 60.7 Å². The smallest absolute Gasteiger partial charge is 0.201 e. The number of hydrogen-bond acceptors (Lipinski definition) is 3. The molecule has 0 aliphatic carbocycles. The summed E-state index contributed by atoms with van der Waals surface area (Å²) in [5.74, 6) is 1.10. The molecule has 0 unspecified atom stereocenters. The second kappa shape index (κ2) is 6.29. The lowest BCUT2D eigenvalue weighted by atomic mass is 9.98. The summed E-state index contributed by atoms with van der Waals surface area (Å²) in [6.07, 6.45) is 0. The van der Waals surface area contributed by atoms with Crippen molar-refractivity contribution in [3.63, 3.8) is 0 Å². The second-order valence-electron chi connectivity index (χ2n) is 5.70. The maximum absolute atomic E-state index is 13.3. The fraction of sp³-hybridized carbons (Fsp3) is 0.0455. The van der Waals surface area contributed by atoms with Crippen LogP contribution in [0.25, 0.3) is 33.4 Å². The van der Waals surface area contributed by atoms with E-state index in [0.717, 1.165) is 11.1 Å². The summed E-state index contributed by atoms with van der Waals surface area (Å²) in [7, 11) is 1.57. The molecule has 3 aromatic carbocycles. The molecule has 0 radical (unpaired) electrons. The Kier molecular flexibility index (Phi) is 3.82. The van der Waals surface area contributed by atoms with Crippen molar-refractivity contribution in [3.05, 3.63) is 89.1 Å². The van der Waals surface area contributed by atoms with Gasteiger partial charge in [-0.2, -0.15) is 0 Å².